The zero-order valence-corrected chi connectivity index (χ0v) is 11.1. The molecule has 0 saturated carbocycles. The van der Waals surface area contributed by atoms with E-state index in [0.29, 0.717) is 5.92 Å². The van der Waals surface area contributed by atoms with Crippen molar-refractivity contribution in [2.24, 2.45) is 5.92 Å². The second-order valence-electron chi connectivity index (χ2n) is 4.34. The zero-order valence-electron chi connectivity index (χ0n) is 11.1. The molecular weight excluding hydrogens is 216 g/mol. The Balaban J connectivity index is 2.58. The van der Waals surface area contributed by atoms with Gasteiger partial charge in [-0.1, -0.05) is 13.8 Å². The molecule has 0 unspecified atom stereocenters. The standard InChI is InChI=1S/C13H22N2O2/c1-10(2)9-14-7-5-11-13(17-4)12(16-3)6-8-15-11/h6,8,10,14H,5,7,9H2,1-4H3. The second kappa shape index (κ2) is 7.12. The van der Waals surface area contributed by atoms with Crippen LogP contribution < -0.4 is 14.8 Å². The average molecular weight is 238 g/mol. The van der Waals surface area contributed by atoms with Gasteiger partial charge in [0, 0.05) is 25.2 Å². The minimum Gasteiger partial charge on any atom is -0.493 e. The zero-order chi connectivity index (χ0) is 12.7. The molecule has 1 rings (SSSR count). The van der Waals surface area contributed by atoms with Crippen molar-refractivity contribution in [3.8, 4) is 11.5 Å². The van der Waals surface area contributed by atoms with E-state index in [2.05, 4.69) is 24.1 Å². The van der Waals surface area contributed by atoms with Crippen LogP contribution >= 0.6 is 0 Å². The van der Waals surface area contributed by atoms with E-state index in [-0.39, 0.29) is 0 Å². The quantitative estimate of drug-likeness (QED) is 0.737. The Hall–Kier alpha value is -1.29. The second-order valence-corrected chi connectivity index (χ2v) is 4.34. The van der Waals surface area contributed by atoms with Crippen molar-refractivity contribution in [2.75, 3.05) is 27.3 Å². The van der Waals surface area contributed by atoms with Gasteiger partial charge >= 0.3 is 0 Å². The molecule has 17 heavy (non-hydrogen) atoms. The lowest BCUT2D eigenvalue weighted by molar-refractivity contribution is 0.349. The van der Waals surface area contributed by atoms with Gasteiger partial charge in [0.1, 0.15) is 0 Å². The maximum Gasteiger partial charge on any atom is 0.182 e. The third kappa shape index (κ3) is 4.23. The predicted molar refractivity (Wildman–Crippen MR) is 68.8 cm³/mol. The predicted octanol–water partition coefficient (Wildman–Crippen LogP) is 1.89. The molecule has 1 aromatic heterocycles. The summed E-state index contributed by atoms with van der Waals surface area (Å²) in [5.41, 5.74) is 0.933. The van der Waals surface area contributed by atoms with Crippen LogP contribution in [0.15, 0.2) is 12.3 Å². The van der Waals surface area contributed by atoms with Gasteiger partial charge in [-0.05, 0) is 12.5 Å². The van der Waals surface area contributed by atoms with Gasteiger partial charge in [-0.15, -0.1) is 0 Å². The molecule has 0 radical (unpaired) electrons. The lowest BCUT2D eigenvalue weighted by atomic mass is 10.2. The van der Waals surface area contributed by atoms with Crippen LogP contribution in [-0.2, 0) is 6.42 Å². The van der Waals surface area contributed by atoms with Gasteiger partial charge in [0.05, 0.1) is 19.9 Å². The summed E-state index contributed by atoms with van der Waals surface area (Å²) >= 11 is 0. The number of nitrogens with zero attached hydrogens (tertiary/aromatic N) is 1. The highest BCUT2D eigenvalue weighted by atomic mass is 16.5. The van der Waals surface area contributed by atoms with Crippen LogP contribution in [0.5, 0.6) is 11.5 Å². The number of hydrogen-bond donors (Lipinski definition) is 1. The van der Waals surface area contributed by atoms with Gasteiger partial charge in [0.25, 0.3) is 0 Å². The molecule has 0 aliphatic heterocycles. The summed E-state index contributed by atoms with van der Waals surface area (Å²) < 4.78 is 10.6. The number of rotatable bonds is 7. The Bertz CT molecular complexity index is 340. The maximum atomic E-state index is 5.33. The fraction of sp³-hybridized carbons (Fsp3) is 0.615. The SMILES string of the molecule is COc1ccnc(CCNCC(C)C)c1OC. The van der Waals surface area contributed by atoms with E-state index < -0.39 is 0 Å². The summed E-state index contributed by atoms with van der Waals surface area (Å²) in [4.78, 5) is 4.33. The van der Waals surface area contributed by atoms with Crippen LogP contribution in [0.2, 0.25) is 0 Å². The molecule has 1 aromatic rings. The Morgan fingerprint density at radius 2 is 2.06 bits per heavy atom. The van der Waals surface area contributed by atoms with Crippen molar-refractivity contribution in [2.45, 2.75) is 20.3 Å². The fourth-order valence-electron chi connectivity index (χ4n) is 1.63. The highest BCUT2D eigenvalue weighted by molar-refractivity contribution is 5.42. The van der Waals surface area contributed by atoms with Crippen LogP contribution in [0, 0.1) is 5.92 Å². The number of methoxy groups -OCH3 is 2. The first-order valence-corrected chi connectivity index (χ1v) is 5.95. The number of ether oxygens (including phenoxy) is 2. The van der Waals surface area contributed by atoms with Gasteiger partial charge in [0.2, 0.25) is 0 Å². The first kappa shape index (κ1) is 13.8. The van der Waals surface area contributed by atoms with Crippen LogP contribution in [0.4, 0.5) is 0 Å². The normalized spacial score (nSPS) is 10.6. The van der Waals surface area contributed by atoms with Crippen molar-refractivity contribution in [1.29, 1.82) is 0 Å². The van der Waals surface area contributed by atoms with E-state index in [4.69, 9.17) is 9.47 Å². The van der Waals surface area contributed by atoms with Crippen molar-refractivity contribution in [3.05, 3.63) is 18.0 Å². The monoisotopic (exact) mass is 238 g/mol. The molecule has 96 valence electrons. The van der Waals surface area contributed by atoms with Crippen molar-refractivity contribution >= 4 is 0 Å². The number of nitrogens with one attached hydrogen (secondary N) is 1. The third-order valence-electron chi connectivity index (χ3n) is 2.46. The molecule has 0 bridgehead atoms. The number of pyridine rings is 1. The van der Waals surface area contributed by atoms with E-state index in [0.717, 1.165) is 36.7 Å². The highest BCUT2D eigenvalue weighted by Gasteiger charge is 2.10. The third-order valence-corrected chi connectivity index (χ3v) is 2.46. The summed E-state index contributed by atoms with van der Waals surface area (Å²) in [5, 5.41) is 3.39. The summed E-state index contributed by atoms with van der Waals surface area (Å²) in [6.07, 6.45) is 2.59. The van der Waals surface area contributed by atoms with Crippen molar-refractivity contribution in [3.63, 3.8) is 0 Å². The van der Waals surface area contributed by atoms with Gasteiger partial charge in [-0.3, -0.25) is 4.98 Å². The summed E-state index contributed by atoms with van der Waals surface area (Å²) in [5.74, 6) is 2.14. The lowest BCUT2D eigenvalue weighted by Gasteiger charge is -2.12. The molecule has 0 aliphatic carbocycles. The van der Waals surface area contributed by atoms with Crippen LogP contribution in [0.25, 0.3) is 0 Å². The molecule has 0 aliphatic rings. The fourth-order valence-corrected chi connectivity index (χ4v) is 1.63. The minimum absolute atomic E-state index is 0.662. The Morgan fingerprint density at radius 1 is 1.29 bits per heavy atom. The van der Waals surface area contributed by atoms with Gasteiger partial charge < -0.3 is 14.8 Å². The molecule has 0 amide bonds. The smallest absolute Gasteiger partial charge is 0.182 e. The molecular formula is C13H22N2O2. The highest BCUT2D eigenvalue weighted by Crippen LogP contribution is 2.28. The van der Waals surface area contributed by atoms with Gasteiger partial charge in [-0.25, -0.2) is 0 Å². The van der Waals surface area contributed by atoms with E-state index in [1.54, 1.807) is 20.4 Å². The topological polar surface area (TPSA) is 43.4 Å². The molecule has 0 atom stereocenters. The molecule has 4 heteroatoms. The van der Waals surface area contributed by atoms with E-state index >= 15 is 0 Å². The van der Waals surface area contributed by atoms with Crippen molar-refractivity contribution in [1.82, 2.24) is 10.3 Å². The molecule has 0 aromatic carbocycles. The van der Waals surface area contributed by atoms with Crippen LogP contribution in [-0.4, -0.2) is 32.3 Å². The van der Waals surface area contributed by atoms with E-state index in [1.807, 2.05) is 6.07 Å². The average Bonchev–Trinajstić information content (AvgIpc) is 2.33. The molecule has 0 saturated heterocycles. The van der Waals surface area contributed by atoms with E-state index in [1.165, 1.54) is 0 Å². The summed E-state index contributed by atoms with van der Waals surface area (Å²) in [7, 11) is 3.28. The summed E-state index contributed by atoms with van der Waals surface area (Å²) in [6.45, 7) is 6.30. The lowest BCUT2D eigenvalue weighted by Crippen LogP contribution is -2.22. The molecule has 1 heterocycles. The first-order valence-electron chi connectivity index (χ1n) is 5.95. The number of aromatic nitrogens is 1. The van der Waals surface area contributed by atoms with Crippen molar-refractivity contribution < 1.29 is 9.47 Å². The maximum absolute atomic E-state index is 5.33. The summed E-state index contributed by atoms with van der Waals surface area (Å²) in [6, 6.07) is 1.81. The van der Waals surface area contributed by atoms with Crippen LogP contribution in [0.1, 0.15) is 19.5 Å². The number of hydrogen-bond acceptors (Lipinski definition) is 4. The molecule has 0 spiro atoms. The van der Waals surface area contributed by atoms with Crippen LogP contribution in [0.3, 0.4) is 0 Å². The molecule has 0 fully saturated rings. The Morgan fingerprint density at radius 3 is 2.65 bits per heavy atom. The minimum atomic E-state index is 0.662. The first-order chi connectivity index (χ1) is 8.19. The Kier molecular flexibility index (Phi) is 5.77. The Labute approximate surface area is 103 Å². The van der Waals surface area contributed by atoms with E-state index in [9.17, 15) is 0 Å². The van der Waals surface area contributed by atoms with Gasteiger partial charge in [0.15, 0.2) is 11.5 Å². The largest absolute Gasteiger partial charge is 0.493 e. The molecule has 4 nitrogen and oxygen atoms in total. The molecule has 1 N–H and O–H groups in total. The van der Waals surface area contributed by atoms with Gasteiger partial charge in [-0.2, -0.15) is 0 Å².